The van der Waals surface area contributed by atoms with Crippen LogP contribution in [0.25, 0.3) is 0 Å². The van der Waals surface area contributed by atoms with E-state index in [2.05, 4.69) is 9.72 Å². The van der Waals surface area contributed by atoms with E-state index in [0.29, 0.717) is 11.5 Å². The van der Waals surface area contributed by atoms with E-state index in [4.69, 9.17) is 4.74 Å². The predicted molar refractivity (Wildman–Crippen MR) is 66.8 cm³/mol. The summed E-state index contributed by atoms with van der Waals surface area (Å²) in [5.74, 6) is 0.779. The molecule has 0 unspecified atom stereocenters. The first-order valence-electron chi connectivity index (χ1n) is 5.48. The van der Waals surface area contributed by atoms with Crippen LogP contribution in [0, 0.1) is 6.92 Å². The van der Waals surface area contributed by atoms with E-state index in [9.17, 15) is 4.79 Å². The molecular formula is C14H13NO3. The summed E-state index contributed by atoms with van der Waals surface area (Å²) in [5, 5.41) is 0. The molecule has 0 bridgehead atoms. The van der Waals surface area contributed by atoms with Gasteiger partial charge in [0, 0.05) is 12.3 Å². The SMILES string of the molecule is COC(=O)c1cc(Oc2ccc(C)cc2)ccn1. The number of methoxy groups -OCH3 is 1. The lowest BCUT2D eigenvalue weighted by Gasteiger charge is -2.06. The Hall–Kier alpha value is -2.36. The minimum atomic E-state index is -0.482. The van der Waals surface area contributed by atoms with Crippen LogP contribution in [0.3, 0.4) is 0 Å². The van der Waals surface area contributed by atoms with Crippen LogP contribution in [0.2, 0.25) is 0 Å². The summed E-state index contributed by atoms with van der Waals surface area (Å²) in [7, 11) is 1.32. The van der Waals surface area contributed by atoms with Crippen molar-refractivity contribution in [1.29, 1.82) is 0 Å². The van der Waals surface area contributed by atoms with Crippen LogP contribution >= 0.6 is 0 Å². The summed E-state index contributed by atoms with van der Waals surface area (Å²) in [4.78, 5) is 15.2. The maximum Gasteiger partial charge on any atom is 0.356 e. The van der Waals surface area contributed by atoms with Gasteiger partial charge < -0.3 is 9.47 Å². The summed E-state index contributed by atoms with van der Waals surface area (Å²) in [5.41, 5.74) is 1.38. The van der Waals surface area contributed by atoms with Crippen molar-refractivity contribution in [3.63, 3.8) is 0 Å². The fraction of sp³-hybridized carbons (Fsp3) is 0.143. The van der Waals surface area contributed by atoms with Crippen LogP contribution in [0.5, 0.6) is 11.5 Å². The third-order valence-corrected chi connectivity index (χ3v) is 2.38. The first-order chi connectivity index (χ1) is 8.69. The number of carbonyl (C=O) groups is 1. The smallest absolute Gasteiger partial charge is 0.356 e. The molecule has 0 aliphatic heterocycles. The molecule has 1 aromatic heterocycles. The topological polar surface area (TPSA) is 48.4 Å². The summed E-state index contributed by atoms with van der Waals surface area (Å²) in [6.45, 7) is 2.01. The molecule has 0 saturated carbocycles. The molecule has 0 aliphatic carbocycles. The molecule has 1 aromatic carbocycles. The first-order valence-corrected chi connectivity index (χ1v) is 5.48. The molecule has 0 N–H and O–H groups in total. The van der Waals surface area contributed by atoms with Gasteiger partial charge in [-0.15, -0.1) is 0 Å². The Balaban J connectivity index is 2.19. The number of esters is 1. The number of benzene rings is 1. The molecule has 2 aromatic rings. The number of hydrogen-bond donors (Lipinski definition) is 0. The highest BCUT2D eigenvalue weighted by Crippen LogP contribution is 2.21. The lowest BCUT2D eigenvalue weighted by Crippen LogP contribution is -2.03. The molecule has 0 saturated heterocycles. The monoisotopic (exact) mass is 243 g/mol. The highest BCUT2D eigenvalue weighted by atomic mass is 16.5. The van der Waals surface area contributed by atoms with Gasteiger partial charge in [0.25, 0.3) is 0 Å². The van der Waals surface area contributed by atoms with Crippen LogP contribution in [0.4, 0.5) is 0 Å². The minimum absolute atomic E-state index is 0.224. The van der Waals surface area contributed by atoms with E-state index >= 15 is 0 Å². The molecule has 4 nitrogen and oxygen atoms in total. The Kier molecular flexibility index (Phi) is 3.57. The highest BCUT2D eigenvalue weighted by molar-refractivity contribution is 5.87. The Morgan fingerprint density at radius 3 is 2.50 bits per heavy atom. The third kappa shape index (κ3) is 2.85. The molecule has 0 atom stereocenters. The maximum absolute atomic E-state index is 11.3. The lowest BCUT2D eigenvalue weighted by atomic mass is 10.2. The average Bonchev–Trinajstić information content (AvgIpc) is 2.41. The van der Waals surface area contributed by atoms with Gasteiger partial charge in [-0.05, 0) is 25.1 Å². The summed E-state index contributed by atoms with van der Waals surface area (Å²) in [6, 6.07) is 10.9. The molecule has 0 fully saturated rings. The maximum atomic E-state index is 11.3. The number of rotatable bonds is 3. The fourth-order valence-corrected chi connectivity index (χ4v) is 1.43. The summed E-state index contributed by atoms with van der Waals surface area (Å²) >= 11 is 0. The number of aromatic nitrogens is 1. The Morgan fingerprint density at radius 1 is 1.11 bits per heavy atom. The molecular weight excluding hydrogens is 230 g/mol. The predicted octanol–water partition coefficient (Wildman–Crippen LogP) is 2.97. The van der Waals surface area contributed by atoms with Gasteiger partial charge in [0.1, 0.15) is 11.5 Å². The molecule has 0 amide bonds. The van der Waals surface area contributed by atoms with Gasteiger partial charge in [0.15, 0.2) is 5.69 Å². The second-order valence-electron chi connectivity index (χ2n) is 3.78. The number of nitrogens with zero attached hydrogens (tertiary/aromatic N) is 1. The number of aryl methyl sites for hydroxylation is 1. The van der Waals surface area contributed by atoms with Crippen molar-refractivity contribution in [2.24, 2.45) is 0 Å². The summed E-state index contributed by atoms with van der Waals surface area (Å²) in [6.07, 6.45) is 1.51. The average molecular weight is 243 g/mol. The Labute approximate surface area is 105 Å². The van der Waals surface area contributed by atoms with Crippen molar-refractivity contribution in [2.45, 2.75) is 6.92 Å². The van der Waals surface area contributed by atoms with Crippen molar-refractivity contribution in [3.8, 4) is 11.5 Å². The molecule has 18 heavy (non-hydrogen) atoms. The highest BCUT2D eigenvalue weighted by Gasteiger charge is 2.08. The molecule has 0 spiro atoms. The normalized spacial score (nSPS) is 9.89. The zero-order chi connectivity index (χ0) is 13.0. The van der Waals surface area contributed by atoms with Crippen LogP contribution in [-0.4, -0.2) is 18.1 Å². The molecule has 1 heterocycles. The van der Waals surface area contributed by atoms with Crippen molar-refractivity contribution in [2.75, 3.05) is 7.11 Å². The van der Waals surface area contributed by atoms with Gasteiger partial charge in [0.2, 0.25) is 0 Å². The number of pyridine rings is 1. The Morgan fingerprint density at radius 2 is 1.83 bits per heavy atom. The number of hydrogen-bond acceptors (Lipinski definition) is 4. The molecule has 4 heteroatoms. The van der Waals surface area contributed by atoms with E-state index in [1.54, 1.807) is 12.1 Å². The van der Waals surface area contributed by atoms with Crippen molar-refractivity contribution in [3.05, 3.63) is 53.9 Å². The summed E-state index contributed by atoms with van der Waals surface area (Å²) < 4.78 is 10.2. The fourth-order valence-electron chi connectivity index (χ4n) is 1.43. The second-order valence-corrected chi connectivity index (χ2v) is 3.78. The van der Waals surface area contributed by atoms with Gasteiger partial charge in [-0.2, -0.15) is 0 Å². The third-order valence-electron chi connectivity index (χ3n) is 2.38. The van der Waals surface area contributed by atoms with Crippen LogP contribution < -0.4 is 4.74 Å². The van der Waals surface area contributed by atoms with Gasteiger partial charge in [-0.1, -0.05) is 17.7 Å². The van der Waals surface area contributed by atoms with Crippen LogP contribution in [-0.2, 0) is 4.74 Å². The van der Waals surface area contributed by atoms with Gasteiger partial charge in [0.05, 0.1) is 7.11 Å². The van der Waals surface area contributed by atoms with Gasteiger partial charge in [-0.3, -0.25) is 0 Å². The molecule has 0 aliphatic rings. The van der Waals surface area contributed by atoms with Crippen molar-refractivity contribution in [1.82, 2.24) is 4.98 Å². The standard InChI is InChI=1S/C14H13NO3/c1-10-3-5-11(6-4-10)18-12-7-8-15-13(9-12)14(16)17-2/h3-9H,1-2H3. The number of carbonyl (C=O) groups excluding carboxylic acids is 1. The minimum Gasteiger partial charge on any atom is -0.464 e. The first kappa shape index (κ1) is 12.1. The molecule has 92 valence electrons. The lowest BCUT2D eigenvalue weighted by molar-refractivity contribution is 0.0593. The largest absolute Gasteiger partial charge is 0.464 e. The van der Waals surface area contributed by atoms with E-state index in [0.717, 1.165) is 5.56 Å². The van der Waals surface area contributed by atoms with Crippen molar-refractivity contribution >= 4 is 5.97 Å². The van der Waals surface area contributed by atoms with E-state index in [1.807, 2.05) is 31.2 Å². The number of ether oxygens (including phenoxy) is 2. The zero-order valence-electron chi connectivity index (χ0n) is 10.2. The molecule has 2 rings (SSSR count). The second kappa shape index (κ2) is 5.31. The quantitative estimate of drug-likeness (QED) is 0.777. The Bertz CT molecular complexity index is 549. The van der Waals surface area contributed by atoms with Crippen molar-refractivity contribution < 1.29 is 14.3 Å². The van der Waals surface area contributed by atoms with Gasteiger partial charge in [-0.25, -0.2) is 9.78 Å². The van der Waals surface area contributed by atoms with Crippen LogP contribution in [0.1, 0.15) is 16.1 Å². The van der Waals surface area contributed by atoms with E-state index in [1.165, 1.54) is 13.3 Å². The van der Waals surface area contributed by atoms with E-state index in [-0.39, 0.29) is 5.69 Å². The molecule has 0 radical (unpaired) electrons. The van der Waals surface area contributed by atoms with Gasteiger partial charge >= 0.3 is 5.97 Å². The van der Waals surface area contributed by atoms with Crippen LogP contribution in [0.15, 0.2) is 42.6 Å². The van der Waals surface area contributed by atoms with E-state index < -0.39 is 5.97 Å². The zero-order valence-corrected chi connectivity index (χ0v) is 10.2.